The van der Waals surface area contributed by atoms with E-state index < -0.39 is 5.97 Å². The summed E-state index contributed by atoms with van der Waals surface area (Å²) in [5.74, 6) is 0.0407. The Labute approximate surface area is 164 Å². The molecular formula is C21H24N4O3. The normalized spacial score (nSPS) is 16.1. The number of carbonyl (C=O) groups is 2. The smallest absolute Gasteiger partial charge is 0.337 e. The van der Waals surface area contributed by atoms with Gasteiger partial charge in [-0.2, -0.15) is 0 Å². The highest BCUT2D eigenvalue weighted by Gasteiger charge is 2.20. The van der Waals surface area contributed by atoms with Gasteiger partial charge >= 0.3 is 5.97 Å². The summed E-state index contributed by atoms with van der Waals surface area (Å²) in [7, 11) is 5.33. The number of amides is 1. The van der Waals surface area contributed by atoms with Gasteiger partial charge in [0.05, 0.1) is 30.5 Å². The third kappa shape index (κ3) is 4.55. The maximum atomic E-state index is 12.9. The highest BCUT2D eigenvalue weighted by atomic mass is 16.5. The number of aliphatic imine (C=N–C) groups is 1. The molecule has 2 aromatic rings. The molecule has 1 saturated heterocycles. The summed E-state index contributed by atoms with van der Waals surface area (Å²) in [6, 6.07) is 14.0. The second kappa shape index (κ2) is 8.67. The number of para-hydroxylation sites is 1. The molecule has 1 aliphatic rings. The molecule has 1 fully saturated rings. The Bertz CT molecular complexity index is 896. The van der Waals surface area contributed by atoms with Crippen molar-refractivity contribution in [1.29, 1.82) is 0 Å². The van der Waals surface area contributed by atoms with E-state index in [1.54, 1.807) is 24.3 Å². The second-order valence-corrected chi connectivity index (χ2v) is 6.73. The van der Waals surface area contributed by atoms with Crippen molar-refractivity contribution in [3.05, 3.63) is 59.7 Å². The van der Waals surface area contributed by atoms with Crippen molar-refractivity contribution in [2.24, 2.45) is 4.99 Å². The van der Waals surface area contributed by atoms with E-state index >= 15 is 0 Å². The fourth-order valence-electron chi connectivity index (χ4n) is 2.93. The molecule has 7 heteroatoms. The third-order valence-corrected chi connectivity index (χ3v) is 4.61. The highest BCUT2D eigenvalue weighted by Crippen LogP contribution is 2.24. The molecule has 1 amide bonds. The maximum absolute atomic E-state index is 12.9. The van der Waals surface area contributed by atoms with Crippen LogP contribution in [0.1, 0.15) is 20.7 Å². The van der Waals surface area contributed by atoms with Crippen LogP contribution in [-0.4, -0.2) is 68.4 Å². The average Bonchev–Trinajstić information content (AvgIpc) is 2.71. The van der Waals surface area contributed by atoms with Gasteiger partial charge in [0.1, 0.15) is 5.84 Å². The first-order chi connectivity index (χ1) is 13.5. The average molecular weight is 380 g/mol. The quantitative estimate of drug-likeness (QED) is 0.826. The molecule has 0 aromatic heterocycles. The van der Waals surface area contributed by atoms with Gasteiger partial charge in [0.15, 0.2) is 0 Å². The Morgan fingerprint density at radius 3 is 2.54 bits per heavy atom. The van der Waals surface area contributed by atoms with E-state index in [1.165, 1.54) is 13.2 Å². The van der Waals surface area contributed by atoms with Gasteiger partial charge in [0.2, 0.25) is 0 Å². The van der Waals surface area contributed by atoms with Crippen LogP contribution in [-0.2, 0) is 4.74 Å². The Balaban J connectivity index is 1.99. The van der Waals surface area contributed by atoms with Gasteiger partial charge in [-0.05, 0) is 37.4 Å². The molecule has 28 heavy (non-hydrogen) atoms. The Kier molecular flexibility index (Phi) is 6.06. The van der Waals surface area contributed by atoms with E-state index in [-0.39, 0.29) is 5.91 Å². The minimum atomic E-state index is -0.498. The summed E-state index contributed by atoms with van der Waals surface area (Å²) >= 11 is 0. The van der Waals surface area contributed by atoms with Crippen LogP contribution < -0.4 is 5.32 Å². The molecule has 2 aromatic carbocycles. The summed E-state index contributed by atoms with van der Waals surface area (Å²) in [4.78, 5) is 33.8. The lowest BCUT2D eigenvalue weighted by Gasteiger charge is -2.32. The standard InChI is InChI=1S/C21H24N4O3/c1-24-11-12-25(2)19(14-24)23-18-10-9-15(21(27)28-3)13-17(18)20(26)22-16-7-5-4-6-8-16/h4-10,13H,11-12,14H2,1-3H3,(H,22,26)/b23-19+. The van der Waals surface area contributed by atoms with Crippen molar-refractivity contribution in [3.63, 3.8) is 0 Å². The Hall–Kier alpha value is -3.19. The van der Waals surface area contributed by atoms with Crippen LogP contribution in [0.5, 0.6) is 0 Å². The number of amidine groups is 1. The molecule has 7 nitrogen and oxygen atoms in total. The highest BCUT2D eigenvalue weighted by molar-refractivity contribution is 6.09. The van der Waals surface area contributed by atoms with Crippen LogP contribution in [0.25, 0.3) is 0 Å². The molecule has 0 radical (unpaired) electrons. The number of nitrogens with one attached hydrogen (secondary N) is 1. The zero-order valence-corrected chi connectivity index (χ0v) is 16.3. The minimum absolute atomic E-state index is 0.304. The van der Waals surface area contributed by atoms with Crippen molar-refractivity contribution in [1.82, 2.24) is 9.80 Å². The van der Waals surface area contributed by atoms with Crippen molar-refractivity contribution in [2.75, 3.05) is 46.2 Å². The first-order valence-corrected chi connectivity index (χ1v) is 9.04. The number of benzene rings is 2. The van der Waals surface area contributed by atoms with Crippen molar-refractivity contribution < 1.29 is 14.3 Å². The van der Waals surface area contributed by atoms with Gasteiger partial charge in [-0.1, -0.05) is 18.2 Å². The lowest BCUT2D eigenvalue weighted by molar-refractivity contribution is 0.0600. The van der Waals surface area contributed by atoms with Gasteiger partial charge in [0.25, 0.3) is 5.91 Å². The van der Waals surface area contributed by atoms with Crippen LogP contribution in [0, 0.1) is 0 Å². The summed E-state index contributed by atoms with van der Waals surface area (Å²) < 4.78 is 4.79. The predicted molar refractivity (Wildman–Crippen MR) is 109 cm³/mol. The summed E-state index contributed by atoms with van der Waals surface area (Å²) in [6.45, 7) is 2.51. The van der Waals surface area contributed by atoms with E-state index in [1.807, 2.05) is 32.3 Å². The van der Waals surface area contributed by atoms with Gasteiger partial charge in [-0.15, -0.1) is 0 Å². The monoisotopic (exact) mass is 380 g/mol. The number of anilines is 1. The lowest BCUT2D eigenvalue weighted by Crippen LogP contribution is -2.46. The molecule has 3 rings (SSSR count). The molecule has 0 atom stereocenters. The number of nitrogens with zero attached hydrogens (tertiary/aromatic N) is 3. The molecule has 1 N–H and O–H groups in total. The zero-order valence-electron chi connectivity index (χ0n) is 16.3. The number of rotatable bonds is 4. The Morgan fingerprint density at radius 2 is 1.82 bits per heavy atom. The topological polar surface area (TPSA) is 74.2 Å². The van der Waals surface area contributed by atoms with E-state index in [0.717, 1.165) is 18.9 Å². The molecule has 0 bridgehead atoms. The lowest BCUT2D eigenvalue weighted by atomic mass is 10.1. The summed E-state index contributed by atoms with van der Waals surface area (Å²) in [6.07, 6.45) is 0. The van der Waals surface area contributed by atoms with Crippen molar-refractivity contribution in [3.8, 4) is 0 Å². The van der Waals surface area contributed by atoms with E-state index in [0.29, 0.717) is 29.0 Å². The number of hydrogen-bond donors (Lipinski definition) is 1. The number of ether oxygens (including phenoxy) is 1. The minimum Gasteiger partial charge on any atom is -0.465 e. The van der Waals surface area contributed by atoms with Crippen molar-refractivity contribution in [2.45, 2.75) is 0 Å². The maximum Gasteiger partial charge on any atom is 0.337 e. The number of piperazine rings is 1. The SMILES string of the molecule is COC(=O)c1ccc(/N=C2\CN(C)CCN2C)c(C(=O)Nc2ccccc2)c1. The van der Waals surface area contributed by atoms with Crippen LogP contribution in [0.2, 0.25) is 0 Å². The Morgan fingerprint density at radius 1 is 1.07 bits per heavy atom. The van der Waals surface area contributed by atoms with E-state index in [9.17, 15) is 9.59 Å². The van der Waals surface area contributed by atoms with Gasteiger partial charge in [0, 0.05) is 25.8 Å². The molecule has 0 unspecified atom stereocenters. The second-order valence-electron chi connectivity index (χ2n) is 6.73. The van der Waals surface area contributed by atoms with Gasteiger partial charge < -0.3 is 15.0 Å². The van der Waals surface area contributed by atoms with Gasteiger partial charge in [-0.3, -0.25) is 9.69 Å². The number of carbonyl (C=O) groups excluding carboxylic acids is 2. The van der Waals surface area contributed by atoms with E-state index in [2.05, 4.69) is 15.1 Å². The molecule has 1 aliphatic heterocycles. The van der Waals surface area contributed by atoms with Crippen LogP contribution >= 0.6 is 0 Å². The number of likely N-dealkylation sites (N-methyl/N-ethyl adjacent to an activating group) is 2. The summed E-state index contributed by atoms with van der Waals surface area (Å²) in [5.41, 5.74) is 1.81. The van der Waals surface area contributed by atoms with Crippen LogP contribution in [0.4, 0.5) is 11.4 Å². The summed E-state index contributed by atoms with van der Waals surface area (Å²) in [5, 5.41) is 2.86. The number of esters is 1. The molecular weight excluding hydrogens is 356 g/mol. The fourth-order valence-corrected chi connectivity index (χ4v) is 2.93. The number of methoxy groups -OCH3 is 1. The van der Waals surface area contributed by atoms with Crippen LogP contribution in [0.15, 0.2) is 53.5 Å². The van der Waals surface area contributed by atoms with E-state index in [4.69, 9.17) is 9.73 Å². The third-order valence-electron chi connectivity index (χ3n) is 4.61. The first-order valence-electron chi connectivity index (χ1n) is 9.04. The fraction of sp³-hybridized carbons (Fsp3) is 0.286. The largest absolute Gasteiger partial charge is 0.465 e. The molecule has 0 saturated carbocycles. The predicted octanol–water partition coefficient (Wildman–Crippen LogP) is 2.63. The number of hydrogen-bond acceptors (Lipinski definition) is 5. The molecule has 1 heterocycles. The molecule has 0 aliphatic carbocycles. The zero-order chi connectivity index (χ0) is 20.1. The van der Waals surface area contributed by atoms with Gasteiger partial charge in [-0.25, -0.2) is 9.79 Å². The molecule has 0 spiro atoms. The first kappa shape index (κ1) is 19.6. The van der Waals surface area contributed by atoms with Crippen LogP contribution in [0.3, 0.4) is 0 Å². The molecule has 146 valence electrons. The van der Waals surface area contributed by atoms with Crippen molar-refractivity contribution >= 4 is 29.1 Å².